The largest absolute Gasteiger partial charge is 0.497 e. The number of carbonyl (C=O) groups is 2. The van der Waals surface area contributed by atoms with Crippen molar-refractivity contribution < 1.29 is 19.1 Å². The number of aryl methyl sites for hydroxylation is 2. The number of hydrogen-bond acceptors (Lipinski definition) is 4. The summed E-state index contributed by atoms with van der Waals surface area (Å²) in [5.41, 5.74) is 3.56. The molecule has 148 valence electrons. The number of benzene rings is 2. The van der Waals surface area contributed by atoms with Crippen molar-refractivity contribution >= 4 is 23.3 Å². The molecule has 0 radical (unpaired) electrons. The Labute approximate surface area is 164 Å². The molecule has 7 heteroatoms. The van der Waals surface area contributed by atoms with Crippen LogP contribution in [0.25, 0.3) is 0 Å². The molecule has 28 heavy (non-hydrogen) atoms. The van der Waals surface area contributed by atoms with Gasteiger partial charge in [0.15, 0.2) is 0 Å². The number of nitrogens with zero attached hydrogens (tertiary/aromatic N) is 1. The van der Waals surface area contributed by atoms with Crippen molar-refractivity contribution in [3.05, 3.63) is 47.5 Å². The van der Waals surface area contributed by atoms with E-state index in [0.717, 1.165) is 16.8 Å². The predicted octanol–water partition coefficient (Wildman–Crippen LogP) is 3.25. The van der Waals surface area contributed by atoms with E-state index in [9.17, 15) is 9.59 Å². The van der Waals surface area contributed by atoms with Gasteiger partial charge in [0.2, 0.25) is 5.91 Å². The van der Waals surface area contributed by atoms with Gasteiger partial charge in [-0.15, -0.1) is 0 Å². The molecular weight excluding hydrogens is 358 g/mol. The van der Waals surface area contributed by atoms with Gasteiger partial charge in [-0.1, -0.05) is 6.07 Å². The van der Waals surface area contributed by atoms with Crippen LogP contribution in [0.3, 0.4) is 0 Å². The number of anilines is 2. The lowest BCUT2D eigenvalue weighted by molar-refractivity contribution is -0.118. The zero-order valence-electron chi connectivity index (χ0n) is 16.5. The lowest BCUT2D eigenvalue weighted by atomic mass is 10.1. The van der Waals surface area contributed by atoms with Crippen LogP contribution < -0.4 is 25.0 Å². The molecule has 1 saturated heterocycles. The maximum absolute atomic E-state index is 12.8. The number of carbonyl (C=O) groups excluding carboxylic acids is 2. The average molecular weight is 383 g/mol. The molecule has 0 aromatic heterocycles. The summed E-state index contributed by atoms with van der Waals surface area (Å²) in [6, 6.07) is 10.1. The van der Waals surface area contributed by atoms with Gasteiger partial charge in [-0.25, -0.2) is 4.79 Å². The zero-order valence-corrected chi connectivity index (χ0v) is 16.5. The number of methoxy groups -OCH3 is 2. The summed E-state index contributed by atoms with van der Waals surface area (Å²) in [5, 5.41) is 5.49. The van der Waals surface area contributed by atoms with Crippen molar-refractivity contribution in [2.45, 2.75) is 26.3 Å². The molecule has 1 atom stereocenters. The monoisotopic (exact) mass is 383 g/mol. The van der Waals surface area contributed by atoms with Gasteiger partial charge in [0.25, 0.3) is 0 Å². The van der Waals surface area contributed by atoms with Crippen LogP contribution in [0.5, 0.6) is 11.5 Å². The van der Waals surface area contributed by atoms with E-state index in [1.54, 1.807) is 30.2 Å². The predicted molar refractivity (Wildman–Crippen MR) is 108 cm³/mol. The zero-order chi connectivity index (χ0) is 20.3. The highest BCUT2D eigenvalue weighted by Gasteiger charge is 2.33. The highest BCUT2D eigenvalue weighted by molar-refractivity contribution is 6.03. The van der Waals surface area contributed by atoms with Gasteiger partial charge in [-0.3, -0.25) is 4.79 Å². The molecule has 3 rings (SSSR count). The molecule has 3 amide bonds. The van der Waals surface area contributed by atoms with Crippen LogP contribution in [0.15, 0.2) is 36.4 Å². The fraction of sp³-hybridized carbons (Fsp3) is 0.333. The molecule has 0 spiro atoms. The quantitative estimate of drug-likeness (QED) is 0.831. The van der Waals surface area contributed by atoms with Crippen LogP contribution in [0, 0.1) is 13.8 Å². The third kappa shape index (κ3) is 4.19. The molecular formula is C21H25N3O4. The topological polar surface area (TPSA) is 79.9 Å². The van der Waals surface area contributed by atoms with Gasteiger partial charge in [0.1, 0.15) is 17.5 Å². The minimum atomic E-state index is -0.565. The molecule has 7 nitrogen and oxygen atoms in total. The van der Waals surface area contributed by atoms with E-state index in [1.165, 1.54) is 7.11 Å². The fourth-order valence-corrected chi connectivity index (χ4v) is 3.40. The van der Waals surface area contributed by atoms with Crippen molar-refractivity contribution in [2.75, 3.05) is 31.0 Å². The third-order valence-corrected chi connectivity index (χ3v) is 4.69. The van der Waals surface area contributed by atoms with Crippen LogP contribution in [0.4, 0.5) is 16.2 Å². The van der Waals surface area contributed by atoms with E-state index in [4.69, 9.17) is 9.47 Å². The van der Waals surface area contributed by atoms with Gasteiger partial charge in [-0.05, 0) is 55.7 Å². The Hall–Kier alpha value is -3.22. The molecule has 1 fully saturated rings. The van der Waals surface area contributed by atoms with Gasteiger partial charge in [-0.2, -0.15) is 0 Å². The Balaban J connectivity index is 1.66. The number of rotatable bonds is 5. The minimum absolute atomic E-state index is 0.109. The van der Waals surface area contributed by atoms with E-state index >= 15 is 0 Å². The maximum atomic E-state index is 12.8. The summed E-state index contributed by atoms with van der Waals surface area (Å²) in [6.07, 6.45) is 0.555. The molecule has 1 heterocycles. The van der Waals surface area contributed by atoms with Crippen LogP contribution in [-0.4, -0.2) is 38.7 Å². The Morgan fingerprint density at radius 3 is 2.43 bits per heavy atom. The van der Waals surface area contributed by atoms with E-state index in [-0.39, 0.29) is 5.91 Å². The standard InChI is InChI=1S/C21H25N3O4/c1-13-9-14(2)11-15(10-13)24-8-7-18(20(24)25)23-21(26)22-17-6-5-16(27-3)12-19(17)28-4/h5-6,9-12,18H,7-8H2,1-4H3,(H2,22,23,26). The molecule has 1 aliphatic rings. The van der Waals surface area contributed by atoms with Crippen LogP contribution in [-0.2, 0) is 4.79 Å². The van der Waals surface area contributed by atoms with Crippen LogP contribution >= 0.6 is 0 Å². The molecule has 1 unspecified atom stereocenters. The summed E-state index contributed by atoms with van der Waals surface area (Å²) in [4.78, 5) is 26.9. The van der Waals surface area contributed by atoms with E-state index < -0.39 is 12.1 Å². The summed E-state index contributed by atoms with van der Waals surface area (Å²) in [5.74, 6) is 0.990. The van der Waals surface area contributed by atoms with Gasteiger partial charge >= 0.3 is 6.03 Å². The number of urea groups is 1. The van der Waals surface area contributed by atoms with Crippen molar-refractivity contribution in [1.29, 1.82) is 0 Å². The first-order chi connectivity index (χ1) is 13.4. The normalized spacial score (nSPS) is 16.1. The second-order valence-corrected chi connectivity index (χ2v) is 6.84. The molecule has 0 bridgehead atoms. The first-order valence-corrected chi connectivity index (χ1v) is 9.10. The van der Waals surface area contributed by atoms with E-state index in [0.29, 0.717) is 30.2 Å². The van der Waals surface area contributed by atoms with Gasteiger partial charge < -0.3 is 25.0 Å². The summed E-state index contributed by atoms with van der Waals surface area (Å²) in [7, 11) is 3.07. The molecule has 2 aromatic rings. The lowest BCUT2D eigenvalue weighted by Gasteiger charge is -2.19. The molecule has 2 N–H and O–H groups in total. The third-order valence-electron chi connectivity index (χ3n) is 4.69. The summed E-state index contributed by atoms with van der Waals surface area (Å²) < 4.78 is 10.4. The van der Waals surface area contributed by atoms with Gasteiger partial charge in [0.05, 0.1) is 19.9 Å². The summed E-state index contributed by atoms with van der Waals surface area (Å²) in [6.45, 7) is 4.57. The summed E-state index contributed by atoms with van der Waals surface area (Å²) >= 11 is 0. The maximum Gasteiger partial charge on any atom is 0.319 e. The second kappa shape index (κ2) is 8.21. The second-order valence-electron chi connectivity index (χ2n) is 6.84. The van der Waals surface area contributed by atoms with Crippen LogP contribution in [0.2, 0.25) is 0 Å². The average Bonchev–Trinajstić information content (AvgIpc) is 3.01. The van der Waals surface area contributed by atoms with Crippen LogP contribution in [0.1, 0.15) is 17.5 Å². The van der Waals surface area contributed by atoms with E-state index in [1.807, 2.05) is 26.0 Å². The first-order valence-electron chi connectivity index (χ1n) is 9.10. The van der Waals surface area contributed by atoms with Crippen molar-refractivity contribution in [1.82, 2.24) is 5.32 Å². The Morgan fingerprint density at radius 2 is 1.79 bits per heavy atom. The van der Waals surface area contributed by atoms with Crippen molar-refractivity contribution in [3.8, 4) is 11.5 Å². The molecule has 0 saturated carbocycles. The SMILES string of the molecule is COc1ccc(NC(=O)NC2CCN(c3cc(C)cc(C)c3)C2=O)c(OC)c1. The first kappa shape index (κ1) is 19.5. The van der Waals surface area contributed by atoms with Gasteiger partial charge in [0, 0.05) is 18.3 Å². The fourth-order valence-electron chi connectivity index (χ4n) is 3.40. The highest BCUT2D eigenvalue weighted by Crippen LogP contribution is 2.29. The lowest BCUT2D eigenvalue weighted by Crippen LogP contribution is -2.43. The van der Waals surface area contributed by atoms with E-state index in [2.05, 4.69) is 16.7 Å². The number of nitrogens with one attached hydrogen (secondary N) is 2. The number of hydrogen-bond donors (Lipinski definition) is 2. The molecule has 2 aromatic carbocycles. The van der Waals surface area contributed by atoms with Crippen molar-refractivity contribution in [3.63, 3.8) is 0 Å². The Morgan fingerprint density at radius 1 is 1.07 bits per heavy atom. The minimum Gasteiger partial charge on any atom is -0.497 e. The number of ether oxygens (including phenoxy) is 2. The Bertz CT molecular complexity index is 877. The number of amides is 3. The highest BCUT2D eigenvalue weighted by atomic mass is 16.5. The smallest absolute Gasteiger partial charge is 0.319 e. The molecule has 1 aliphatic heterocycles. The Kier molecular flexibility index (Phi) is 5.73. The van der Waals surface area contributed by atoms with Crippen molar-refractivity contribution in [2.24, 2.45) is 0 Å². The molecule has 0 aliphatic carbocycles.